The van der Waals surface area contributed by atoms with Gasteiger partial charge in [-0.1, -0.05) is 0 Å². The van der Waals surface area contributed by atoms with E-state index in [4.69, 9.17) is 5.14 Å². The van der Waals surface area contributed by atoms with Crippen molar-refractivity contribution in [2.45, 2.75) is 4.90 Å². The molecule has 82 valence electrons. The lowest BCUT2D eigenvalue weighted by Crippen LogP contribution is -2.13. The van der Waals surface area contributed by atoms with Gasteiger partial charge in [0.1, 0.15) is 15.2 Å². The molecule has 0 unspecified atom stereocenters. The van der Waals surface area contributed by atoms with Gasteiger partial charge in [0.25, 0.3) is 5.69 Å². The van der Waals surface area contributed by atoms with E-state index < -0.39 is 31.3 Å². The van der Waals surface area contributed by atoms with Crippen molar-refractivity contribution >= 4 is 31.6 Å². The first kappa shape index (κ1) is 12.0. The summed E-state index contributed by atoms with van der Waals surface area (Å²) in [4.78, 5) is 8.85. The Bertz CT molecular complexity index is 530. The summed E-state index contributed by atoms with van der Waals surface area (Å²) >= 11 is 2.68. The number of hydrogen-bond donors (Lipinski definition) is 1. The lowest BCUT2D eigenvalue weighted by molar-refractivity contribution is -0.386. The highest BCUT2D eigenvalue weighted by Crippen LogP contribution is 2.31. The van der Waals surface area contributed by atoms with Crippen molar-refractivity contribution in [2.24, 2.45) is 5.14 Å². The van der Waals surface area contributed by atoms with E-state index in [-0.39, 0.29) is 4.47 Å². The maximum Gasteiger partial charge on any atom is 0.287 e. The molecular formula is C6H4BrFN2O4S. The van der Waals surface area contributed by atoms with E-state index in [2.05, 4.69) is 15.9 Å². The molecule has 0 radical (unpaired) electrons. The van der Waals surface area contributed by atoms with Crippen molar-refractivity contribution < 1.29 is 17.7 Å². The molecular weight excluding hydrogens is 295 g/mol. The van der Waals surface area contributed by atoms with Crippen LogP contribution in [-0.4, -0.2) is 13.3 Å². The van der Waals surface area contributed by atoms with Crippen LogP contribution in [-0.2, 0) is 10.0 Å². The molecule has 0 atom stereocenters. The second kappa shape index (κ2) is 3.83. The summed E-state index contributed by atoms with van der Waals surface area (Å²) in [7, 11) is -4.20. The van der Waals surface area contributed by atoms with E-state index in [0.29, 0.717) is 12.1 Å². The second-order valence-corrected chi connectivity index (χ2v) is 4.86. The van der Waals surface area contributed by atoms with Crippen molar-refractivity contribution in [1.29, 1.82) is 0 Å². The van der Waals surface area contributed by atoms with Gasteiger partial charge in [-0.2, -0.15) is 0 Å². The molecule has 0 saturated carbocycles. The Morgan fingerprint density at radius 1 is 1.47 bits per heavy atom. The van der Waals surface area contributed by atoms with Crippen molar-refractivity contribution in [3.8, 4) is 0 Å². The van der Waals surface area contributed by atoms with Crippen molar-refractivity contribution in [3.63, 3.8) is 0 Å². The molecule has 0 aliphatic heterocycles. The molecule has 1 aromatic rings. The maximum atomic E-state index is 12.9. The van der Waals surface area contributed by atoms with Gasteiger partial charge in [0.05, 0.1) is 11.0 Å². The van der Waals surface area contributed by atoms with Crippen LogP contribution in [0, 0.1) is 15.9 Å². The summed E-state index contributed by atoms with van der Waals surface area (Å²) in [6, 6.07) is 1.20. The number of benzene rings is 1. The predicted octanol–water partition coefficient (Wildman–Crippen LogP) is 1.14. The Balaban J connectivity index is 3.63. The highest BCUT2D eigenvalue weighted by molar-refractivity contribution is 9.10. The number of rotatable bonds is 2. The average molecular weight is 299 g/mol. The number of nitro benzene ring substituents is 1. The van der Waals surface area contributed by atoms with Crippen LogP contribution < -0.4 is 5.14 Å². The lowest BCUT2D eigenvalue weighted by atomic mass is 10.3. The monoisotopic (exact) mass is 298 g/mol. The normalized spacial score (nSPS) is 11.4. The fourth-order valence-electron chi connectivity index (χ4n) is 0.890. The molecule has 0 fully saturated rings. The zero-order valence-electron chi connectivity index (χ0n) is 6.98. The number of primary sulfonamides is 1. The van der Waals surface area contributed by atoms with E-state index in [1.807, 2.05) is 0 Å². The molecule has 0 amide bonds. The Kier molecular flexibility index (Phi) is 3.07. The average Bonchev–Trinajstić information content (AvgIpc) is 2.06. The van der Waals surface area contributed by atoms with E-state index in [0.717, 1.165) is 0 Å². The van der Waals surface area contributed by atoms with Crippen LogP contribution in [0.3, 0.4) is 0 Å². The smallest absolute Gasteiger partial charge is 0.258 e. The fraction of sp³-hybridized carbons (Fsp3) is 0. The van der Waals surface area contributed by atoms with Crippen LogP contribution in [0.4, 0.5) is 10.1 Å². The van der Waals surface area contributed by atoms with E-state index in [9.17, 15) is 22.9 Å². The van der Waals surface area contributed by atoms with Gasteiger partial charge in [-0.05, 0) is 22.0 Å². The van der Waals surface area contributed by atoms with Crippen molar-refractivity contribution in [2.75, 3.05) is 0 Å². The third-order valence-electron chi connectivity index (χ3n) is 1.49. The molecule has 0 aliphatic rings. The molecule has 1 aromatic carbocycles. The first-order valence-electron chi connectivity index (χ1n) is 3.39. The predicted molar refractivity (Wildman–Crippen MR) is 52.1 cm³/mol. The number of nitro groups is 1. The highest BCUT2D eigenvalue weighted by atomic mass is 79.9. The first-order chi connectivity index (χ1) is 6.73. The summed E-state index contributed by atoms with van der Waals surface area (Å²) < 4.78 is 34.4. The summed E-state index contributed by atoms with van der Waals surface area (Å²) in [6.07, 6.45) is 0. The minimum Gasteiger partial charge on any atom is -0.258 e. The molecule has 0 heterocycles. The van der Waals surface area contributed by atoms with Gasteiger partial charge >= 0.3 is 0 Å². The SMILES string of the molecule is NS(=O)(=O)c1cc(F)cc([N+](=O)[O-])c1Br. The summed E-state index contributed by atoms with van der Waals surface area (Å²) in [5, 5.41) is 15.2. The number of sulfonamides is 1. The zero-order chi connectivity index (χ0) is 11.8. The third-order valence-corrected chi connectivity index (χ3v) is 3.52. The topological polar surface area (TPSA) is 103 Å². The second-order valence-electron chi connectivity index (χ2n) is 2.54. The number of hydrogen-bond acceptors (Lipinski definition) is 4. The molecule has 2 N–H and O–H groups in total. The standard InChI is InChI=1S/C6H4BrFN2O4S/c7-6-4(10(11)12)1-3(8)2-5(6)15(9,13)14/h1-2H,(H2,9,13,14). The van der Waals surface area contributed by atoms with E-state index in [1.165, 1.54) is 0 Å². The van der Waals surface area contributed by atoms with Gasteiger partial charge in [0.2, 0.25) is 10.0 Å². The molecule has 6 nitrogen and oxygen atoms in total. The largest absolute Gasteiger partial charge is 0.287 e. The van der Waals surface area contributed by atoms with Crippen LogP contribution in [0.25, 0.3) is 0 Å². The fourth-order valence-corrected chi connectivity index (χ4v) is 2.57. The lowest BCUT2D eigenvalue weighted by Gasteiger charge is -2.02. The van der Waals surface area contributed by atoms with Gasteiger partial charge in [0, 0.05) is 0 Å². The Labute approximate surface area is 92.2 Å². The quantitative estimate of drug-likeness (QED) is 0.653. The molecule has 0 spiro atoms. The van der Waals surface area contributed by atoms with Gasteiger partial charge in [-0.3, -0.25) is 10.1 Å². The highest BCUT2D eigenvalue weighted by Gasteiger charge is 2.23. The Morgan fingerprint density at radius 3 is 2.40 bits per heavy atom. The van der Waals surface area contributed by atoms with Crippen LogP contribution in [0.15, 0.2) is 21.5 Å². The minimum absolute atomic E-state index is 0.364. The number of nitrogens with two attached hydrogens (primary N) is 1. The van der Waals surface area contributed by atoms with Crippen molar-refractivity contribution in [3.05, 3.63) is 32.5 Å². The molecule has 0 bridgehead atoms. The van der Waals surface area contributed by atoms with Gasteiger partial charge in [-0.15, -0.1) is 0 Å². The van der Waals surface area contributed by atoms with Crippen LogP contribution in [0.1, 0.15) is 0 Å². The number of nitrogens with zero attached hydrogens (tertiary/aromatic N) is 1. The van der Waals surface area contributed by atoms with Crippen LogP contribution >= 0.6 is 15.9 Å². The third kappa shape index (κ3) is 2.49. The summed E-state index contributed by atoms with van der Waals surface area (Å²) in [6.45, 7) is 0. The van der Waals surface area contributed by atoms with Crippen LogP contribution in [0.2, 0.25) is 0 Å². The van der Waals surface area contributed by atoms with E-state index >= 15 is 0 Å². The number of halogens is 2. The maximum absolute atomic E-state index is 12.9. The molecule has 1 rings (SSSR count). The van der Waals surface area contributed by atoms with E-state index in [1.54, 1.807) is 0 Å². The van der Waals surface area contributed by atoms with Crippen LogP contribution in [0.5, 0.6) is 0 Å². The molecule has 0 saturated heterocycles. The van der Waals surface area contributed by atoms with Gasteiger partial charge in [-0.25, -0.2) is 17.9 Å². The molecule has 0 aliphatic carbocycles. The zero-order valence-corrected chi connectivity index (χ0v) is 9.38. The first-order valence-corrected chi connectivity index (χ1v) is 5.73. The Morgan fingerprint density at radius 2 is 2.00 bits per heavy atom. The molecule has 9 heteroatoms. The minimum atomic E-state index is -4.20. The van der Waals surface area contributed by atoms with Gasteiger partial charge in [0.15, 0.2) is 0 Å². The summed E-state index contributed by atoms with van der Waals surface area (Å²) in [5.74, 6) is -1.05. The van der Waals surface area contributed by atoms with Crippen molar-refractivity contribution in [1.82, 2.24) is 0 Å². The summed E-state index contributed by atoms with van der Waals surface area (Å²) in [5.41, 5.74) is -0.695. The van der Waals surface area contributed by atoms with Gasteiger partial charge < -0.3 is 0 Å². The molecule has 15 heavy (non-hydrogen) atoms. The Hall–Kier alpha value is -1.06. The molecule has 0 aromatic heterocycles.